The van der Waals surface area contributed by atoms with E-state index in [1.807, 2.05) is 32.9 Å². The van der Waals surface area contributed by atoms with Crippen molar-refractivity contribution in [3.05, 3.63) is 29.8 Å². The van der Waals surface area contributed by atoms with Crippen molar-refractivity contribution in [2.45, 2.75) is 91.1 Å². The quantitative estimate of drug-likeness (QED) is 0.455. The molecule has 4 fully saturated rings. The van der Waals surface area contributed by atoms with Gasteiger partial charge in [0.1, 0.15) is 11.4 Å². The van der Waals surface area contributed by atoms with Crippen LogP contribution in [0.2, 0.25) is 0 Å². The van der Waals surface area contributed by atoms with Crippen LogP contribution in [0.4, 0.5) is 0 Å². The summed E-state index contributed by atoms with van der Waals surface area (Å²) in [5.74, 6) is 2.26. The summed E-state index contributed by atoms with van der Waals surface area (Å²) in [6.07, 6.45) is 6.94. The van der Waals surface area contributed by atoms with Crippen LogP contribution in [0.1, 0.15) is 91.0 Å². The molecule has 4 aliphatic rings. The van der Waals surface area contributed by atoms with Gasteiger partial charge in [0.2, 0.25) is 0 Å². The average Bonchev–Trinajstić information content (AvgIpc) is 2.76. The van der Waals surface area contributed by atoms with E-state index in [0.717, 1.165) is 17.4 Å². The largest absolute Gasteiger partial charge is 0.508 e. The number of methoxy groups -OCH3 is 1. The van der Waals surface area contributed by atoms with Gasteiger partial charge in [-0.2, -0.15) is 0 Å². The Kier molecular flexibility index (Phi) is 6.54. The van der Waals surface area contributed by atoms with E-state index in [0.29, 0.717) is 24.7 Å². The molecule has 0 saturated heterocycles. The Hall–Kier alpha value is -2.04. The first-order chi connectivity index (χ1) is 15.9. The molecule has 34 heavy (non-hydrogen) atoms. The predicted molar refractivity (Wildman–Crippen MR) is 131 cm³/mol. The lowest BCUT2D eigenvalue weighted by Crippen LogP contribution is -2.59. The maximum atomic E-state index is 14.1. The van der Waals surface area contributed by atoms with Gasteiger partial charge in [0.05, 0.1) is 17.9 Å². The second-order valence-electron chi connectivity index (χ2n) is 12.7. The van der Waals surface area contributed by atoms with Crippen molar-refractivity contribution in [1.82, 2.24) is 0 Å². The van der Waals surface area contributed by atoms with Crippen molar-refractivity contribution in [2.24, 2.45) is 34.5 Å². The molecule has 0 aliphatic heterocycles. The van der Waals surface area contributed by atoms with Gasteiger partial charge in [-0.1, -0.05) is 19.1 Å². The van der Waals surface area contributed by atoms with Crippen molar-refractivity contribution >= 4 is 11.9 Å². The molecule has 5 rings (SSSR count). The molecule has 188 valence electrons. The highest BCUT2D eigenvalue weighted by Crippen LogP contribution is 2.60. The summed E-state index contributed by atoms with van der Waals surface area (Å²) >= 11 is 0. The van der Waals surface area contributed by atoms with Crippen LogP contribution < -0.4 is 0 Å². The van der Waals surface area contributed by atoms with Crippen LogP contribution in [0.25, 0.3) is 0 Å². The molecular weight excluding hydrogens is 428 g/mol. The zero-order valence-electron chi connectivity index (χ0n) is 21.7. The van der Waals surface area contributed by atoms with Crippen molar-refractivity contribution in [2.75, 3.05) is 7.11 Å². The van der Waals surface area contributed by atoms with Gasteiger partial charge >= 0.3 is 11.9 Å². The van der Waals surface area contributed by atoms with Gasteiger partial charge in [-0.25, -0.2) is 0 Å². The van der Waals surface area contributed by atoms with E-state index in [1.54, 1.807) is 12.1 Å². The van der Waals surface area contributed by atoms with E-state index in [9.17, 15) is 14.7 Å². The van der Waals surface area contributed by atoms with Crippen molar-refractivity contribution in [1.29, 1.82) is 0 Å². The molecule has 1 N–H and O–H groups in total. The van der Waals surface area contributed by atoms with Crippen LogP contribution in [0.15, 0.2) is 24.3 Å². The van der Waals surface area contributed by atoms with Crippen LogP contribution >= 0.6 is 0 Å². The molecule has 0 radical (unpaired) electrons. The highest BCUT2D eigenvalue weighted by Gasteiger charge is 2.58. The highest BCUT2D eigenvalue weighted by molar-refractivity contribution is 5.80. The maximum absolute atomic E-state index is 14.1. The Morgan fingerprint density at radius 3 is 2.03 bits per heavy atom. The number of aromatic hydroxyl groups is 1. The van der Waals surface area contributed by atoms with Gasteiger partial charge in [-0.05, 0) is 120 Å². The van der Waals surface area contributed by atoms with Gasteiger partial charge in [-0.3, -0.25) is 9.59 Å². The van der Waals surface area contributed by atoms with Gasteiger partial charge < -0.3 is 14.6 Å². The first-order valence-corrected chi connectivity index (χ1v) is 13.0. The molecule has 4 saturated carbocycles. The first-order valence-electron chi connectivity index (χ1n) is 13.0. The van der Waals surface area contributed by atoms with E-state index in [1.165, 1.54) is 39.2 Å². The molecule has 5 heteroatoms. The molecule has 1 aromatic carbocycles. The van der Waals surface area contributed by atoms with Crippen molar-refractivity contribution in [3.8, 4) is 5.75 Å². The second kappa shape index (κ2) is 8.87. The lowest BCUT2D eigenvalue weighted by Gasteiger charge is -2.59. The average molecular weight is 471 g/mol. The van der Waals surface area contributed by atoms with Crippen LogP contribution in [0.3, 0.4) is 0 Å². The van der Waals surface area contributed by atoms with Crippen LogP contribution in [-0.4, -0.2) is 29.8 Å². The number of carbonyl (C=O) groups excluding carboxylic acids is 2. The smallest absolute Gasteiger partial charge is 0.312 e. The van der Waals surface area contributed by atoms with Crippen LogP contribution in [-0.2, 0) is 19.1 Å². The van der Waals surface area contributed by atoms with E-state index in [-0.39, 0.29) is 23.6 Å². The summed E-state index contributed by atoms with van der Waals surface area (Å²) in [7, 11) is 1.40. The third kappa shape index (κ3) is 4.59. The normalized spacial score (nSPS) is 32.6. The van der Waals surface area contributed by atoms with E-state index < -0.39 is 16.4 Å². The number of hydrogen-bond donors (Lipinski definition) is 1. The molecular formula is C29H42O5. The fourth-order valence-corrected chi connectivity index (χ4v) is 7.76. The van der Waals surface area contributed by atoms with Crippen LogP contribution in [0.5, 0.6) is 5.75 Å². The number of phenols is 1. The number of carbonyl (C=O) groups is 2. The summed E-state index contributed by atoms with van der Waals surface area (Å²) in [4.78, 5) is 26.6. The van der Waals surface area contributed by atoms with Crippen molar-refractivity contribution in [3.63, 3.8) is 0 Å². The zero-order chi connectivity index (χ0) is 24.9. The summed E-state index contributed by atoms with van der Waals surface area (Å²) in [5.41, 5.74) is -1.04. The molecule has 2 atom stereocenters. The molecule has 0 aromatic heterocycles. The summed E-state index contributed by atoms with van der Waals surface area (Å²) < 4.78 is 11.6. The highest BCUT2D eigenvalue weighted by atomic mass is 16.6. The SMILES string of the molecule is COC(=O)C(C)(C)CC(C)(CC(C)c1ccc(O)cc1)C(=O)OC1(C)C2CC3CC(C2)CC1C3. The Labute approximate surface area is 204 Å². The van der Waals surface area contributed by atoms with Gasteiger partial charge in [0, 0.05) is 0 Å². The first kappa shape index (κ1) is 25.1. The third-order valence-corrected chi connectivity index (χ3v) is 9.35. The van der Waals surface area contributed by atoms with Gasteiger partial charge in [0.15, 0.2) is 0 Å². The molecule has 5 nitrogen and oxygen atoms in total. The lowest BCUT2D eigenvalue weighted by molar-refractivity contribution is -0.214. The fraction of sp³-hybridized carbons (Fsp3) is 0.724. The number of benzene rings is 1. The number of rotatable bonds is 8. The Morgan fingerprint density at radius 2 is 1.53 bits per heavy atom. The number of hydrogen-bond acceptors (Lipinski definition) is 5. The molecule has 2 unspecified atom stereocenters. The second-order valence-corrected chi connectivity index (χ2v) is 12.7. The zero-order valence-corrected chi connectivity index (χ0v) is 21.7. The molecule has 0 heterocycles. The minimum Gasteiger partial charge on any atom is -0.508 e. The number of esters is 2. The van der Waals surface area contributed by atoms with E-state index in [2.05, 4.69) is 13.8 Å². The minimum absolute atomic E-state index is 0.0536. The van der Waals surface area contributed by atoms with Crippen LogP contribution in [0, 0.1) is 34.5 Å². The summed E-state index contributed by atoms with van der Waals surface area (Å²) in [5, 5.41) is 9.69. The number of phenolic OH excluding ortho intramolecular Hbond substituents is 1. The Bertz CT molecular complexity index is 889. The number of ether oxygens (including phenoxy) is 2. The molecule has 4 bridgehead atoms. The fourth-order valence-electron chi connectivity index (χ4n) is 7.76. The molecule has 0 spiro atoms. The molecule has 1 aromatic rings. The maximum Gasteiger partial charge on any atom is 0.312 e. The van der Waals surface area contributed by atoms with Crippen molar-refractivity contribution < 1.29 is 24.2 Å². The Balaban J connectivity index is 1.59. The molecule has 0 amide bonds. The van der Waals surface area contributed by atoms with Gasteiger partial charge in [0.25, 0.3) is 0 Å². The van der Waals surface area contributed by atoms with E-state index in [4.69, 9.17) is 9.47 Å². The summed E-state index contributed by atoms with van der Waals surface area (Å²) in [6.45, 7) is 9.91. The summed E-state index contributed by atoms with van der Waals surface area (Å²) in [6, 6.07) is 7.15. The standard InChI is InChI=1S/C29H42O5/c1-18(21-7-9-24(30)10-8-21)16-28(4,17-27(2,3)25(31)33-6)26(32)34-29(5)22-12-19-11-20(14-22)15-23(29)13-19/h7-10,18-20,22-23,30H,11-17H2,1-6H3. The third-order valence-electron chi connectivity index (χ3n) is 9.35. The van der Waals surface area contributed by atoms with Gasteiger partial charge in [-0.15, -0.1) is 0 Å². The topological polar surface area (TPSA) is 72.8 Å². The predicted octanol–water partition coefficient (Wildman–Crippen LogP) is 6.24. The monoisotopic (exact) mass is 470 g/mol. The van der Waals surface area contributed by atoms with E-state index >= 15 is 0 Å². The Morgan fingerprint density at radius 1 is 1.00 bits per heavy atom. The molecule has 4 aliphatic carbocycles. The minimum atomic E-state index is -0.854. The lowest BCUT2D eigenvalue weighted by atomic mass is 9.50.